The molecule has 0 aliphatic heterocycles. The second kappa shape index (κ2) is 7.07. The molecule has 2 rings (SSSR count). The quantitative estimate of drug-likeness (QED) is 0.850. The number of nitrogens with one attached hydrogen (secondary N) is 1. The molecule has 0 aliphatic carbocycles. The third-order valence-electron chi connectivity index (χ3n) is 2.92. The van der Waals surface area contributed by atoms with Crippen LogP contribution in [-0.2, 0) is 17.8 Å². The van der Waals surface area contributed by atoms with E-state index in [4.69, 9.17) is 5.73 Å². The number of carbonyl (C=O) groups excluding carboxylic acids is 1. The van der Waals surface area contributed by atoms with Crippen molar-refractivity contribution in [2.75, 3.05) is 5.32 Å². The largest absolute Gasteiger partial charge is 0.326 e. The lowest BCUT2D eigenvalue weighted by Gasteiger charge is -2.09. The van der Waals surface area contributed by atoms with Gasteiger partial charge in [0.25, 0.3) is 0 Å². The first-order valence-electron chi connectivity index (χ1n) is 6.40. The van der Waals surface area contributed by atoms with Gasteiger partial charge < -0.3 is 11.1 Å². The average Bonchev–Trinajstić information content (AvgIpc) is 2.92. The molecule has 3 N–H and O–H groups in total. The van der Waals surface area contributed by atoms with Crippen molar-refractivity contribution in [3.8, 4) is 0 Å². The summed E-state index contributed by atoms with van der Waals surface area (Å²) in [7, 11) is 0. The van der Waals surface area contributed by atoms with Gasteiger partial charge in [-0.25, -0.2) is 0 Å². The van der Waals surface area contributed by atoms with Crippen LogP contribution in [0.5, 0.6) is 0 Å². The summed E-state index contributed by atoms with van der Waals surface area (Å²) in [5.41, 5.74) is 7.43. The Labute approximate surface area is 117 Å². The summed E-state index contributed by atoms with van der Waals surface area (Å²) in [6.45, 7) is 0.436. The molecule has 0 spiro atoms. The predicted molar refractivity (Wildman–Crippen MR) is 80.2 cm³/mol. The van der Waals surface area contributed by atoms with Crippen LogP contribution in [0.15, 0.2) is 41.8 Å². The number of nitrogens with two attached hydrogens (primary N) is 1. The van der Waals surface area contributed by atoms with E-state index in [0.717, 1.165) is 24.1 Å². The Kier molecular flexibility index (Phi) is 5.12. The Morgan fingerprint density at radius 2 is 2.05 bits per heavy atom. The zero-order valence-corrected chi connectivity index (χ0v) is 11.6. The second-order valence-electron chi connectivity index (χ2n) is 4.34. The number of hydrogen-bond acceptors (Lipinski definition) is 3. The molecule has 1 aromatic heterocycles. The molecule has 1 heterocycles. The lowest BCUT2D eigenvalue weighted by Crippen LogP contribution is -2.13. The molecule has 0 radical (unpaired) electrons. The number of amides is 1. The van der Waals surface area contributed by atoms with Crippen LogP contribution in [0.3, 0.4) is 0 Å². The van der Waals surface area contributed by atoms with E-state index in [1.165, 1.54) is 4.88 Å². The Hall–Kier alpha value is -1.65. The summed E-state index contributed by atoms with van der Waals surface area (Å²) in [4.78, 5) is 13.2. The van der Waals surface area contributed by atoms with E-state index in [1.807, 2.05) is 30.3 Å². The van der Waals surface area contributed by atoms with Gasteiger partial charge in [0.2, 0.25) is 5.91 Å². The minimum atomic E-state index is 0.0532. The maximum Gasteiger partial charge on any atom is 0.224 e. The van der Waals surface area contributed by atoms with Crippen molar-refractivity contribution in [1.82, 2.24) is 0 Å². The Bertz CT molecular complexity index is 523. The molecule has 0 bridgehead atoms. The molecule has 3 nitrogen and oxygen atoms in total. The van der Waals surface area contributed by atoms with Crippen LogP contribution in [0.25, 0.3) is 0 Å². The topological polar surface area (TPSA) is 55.1 Å². The van der Waals surface area contributed by atoms with Gasteiger partial charge in [0, 0.05) is 23.5 Å². The molecule has 1 amide bonds. The van der Waals surface area contributed by atoms with Gasteiger partial charge in [-0.2, -0.15) is 0 Å². The first kappa shape index (κ1) is 13.8. The summed E-state index contributed by atoms with van der Waals surface area (Å²) < 4.78 is 0. The molecule has 1 aromatic carbocycles. The molecule has 0 saturated carbocycles. The molecule has 4 heteroatoms. The number of para-hydroxylation sites is 1. The molecular weight excluding hydrogens is 256 g/mol. The fourth-order valence-electron chi connectivity index (χ4n) is 1.91. The predicted octanol–water partition coefficient (Wildman–Crippen LogP) is 3.17. The van der Waals surface area contributed by atoms with Crippen molar-refractivity contribution in [2.24, 2.45) is 5.73 Å². The number of aryl methyl sites for hydroxylation is 1. The average molecular weight is 274 g/mol. The summed E-state index contributed by atoms with van der Waals surface area (Å²) in [6, 6.07) is 11.8. The molecule has 0 fully saturated rings. The minimum absolute atomic E-state index is 0.0532. The first-order valence-corrected chi connectivity index (χ1v) is 7.28. The summed E-state index contributed by atoms with van der Waals surface area (Å²) in [5, 5.41) is 4.99. The highest BCUT2D eigenvalue weighted by molar-refractivity contribution is 7.09. The fourth-order valence-corrected chi connectivity index (χ4v) is 2.66. The number of rotatable bonds is 6. The van der Waals surface area contributed by atoms with Gasteiger partial charge >= 0.3 is 0 Å². The van der Waals surface area contributed by atoms with E-state index >= 15 is 0 Å². The highest BCUT2D eigenvalue weighted by Crippen LogP contribution is 2.16. The Morgan fingerprint density at radius 3 is 2.79 bits per heavy atom. The van der Waals surface area contributed by atoms with Gasteiger partial charge in [-0.3, -0.25) is 4.79 Å². The summed E-state index contributed by atoms with van der Waals surface area (Å²) in [6.07, 6.45) is 2.37. The molecule has 2 aromatic rings. The van der Waals surface area contributed by atoms with Gasteiger partial charge in [0.15, 0.2) is 0 Å². The van der Waals surface area contributed by atoms with Crippen molar-refractivity contribution in [3.05, 3.63) is 52.2 Å². The monoisotopic (exact) mass is 274 g/mol. The highest BCUT2D eigenvalue weighted by atomic mass is 32.1. The van der Waals surface area contributed by atoms with Crippen LogP contribution in [0.1, 0.15) is 23.3 Å². The molecular formula is C15H18N2OS. The fraction of sp³-hybridized carbons (Fsp3) is 0.267. The van der Waals surface area contributed by atoms with Crippen LogP contribution in [-0.4, -0.2) is 5.91 Å². The van der Waals surface area contributed by atoms with Gasteiger partial charge in [-0.05, 0) is 35.9 Å². The number of carbonyl (C=O) groups is 1. The molecule has 100 valence electrons. The third-order valence-corrected chi connectivity index (χ3v) is 3.85. The lowest BCUT2D eigenvalue weighted by molar-refractivity contribution is -0.116. The normalized spacial score (nSPS) is 10.4. The van der Waals surface area contributed by atoms with E-state index in [9.17, 15) is 4.79 Å². The number of hydrogen-bond donors (Lipinski definition) is 2. The molecule has 0 unspecified atom stereocenters. The van der Waals surface area contributed by atoms with Gasteiger partial charge in [-0.15, -0.1) is 11.3 Å². The van der Waals surface area contributed by atoms with Crippen molar-refractivity contribution >= 4 is 22.9 Å². The smallest absolute Gasteiger partial charge is 0.224 e. The number of thiophene rings is 1. The van der Waals surface area contributed by atoms with Gasteiger partial charge in [0.1, 0.15) is 0 Å². The minimum Gasteiger partial charge on any atom is -0.326 e. The van der Waals surface area contributed by atoms with E-state index < -0.39 is 0 Å². The van der Waals surface area contributed by atoms with Crippen LogP contribution < -0.4 is 11.1 Å². The van der Waals surface area contributed by atoms with E-state index in [-0.39, 0.29) is 5.91 Å². The van der Waals surface area contributed by atoms with Crippen LogP contribution in [0, 0.1) is 0 Å². The van der Waals surface area contributed by atoms with Crippen molar-refractivity contribution in [1.29, 1.82) is 0 Å². The number of anilines is 1. The van der Waals surface area contributed by atoms with E-state index in [1.54, 1.807) is 11.3 Å². The first-order chi connectivity index (χ1) is 9.29. The Morgan fingerprint density at radius 1 is 1.21 bits per heavy atom. The van der Waals surface area contributed by atoms with Gasteiger partial charge in [0.05, 0.1) is 0 Å². The second-order valence-corrected chi connectivity index (χ2v) is 5.37. The van der Waals surface area contributed by atoms with Crippen LogP contribution >= 0.6 is 11.3 Å². The Balaban J connectivity index is 1.80. The third kappa shape index (κ3) is 4.19. The SMILES string of the molecule is NCc1ccccc1NC(=O)CCCc1cccs1. The van der Waals surface area contributed by atoms with Crippen LogP contribution in [0.4, 0.5) is 5.69 Å². The standard InChI is InChI=1S/C15H18N2OS/c16-11-12-5-1-2-8-14(12)17-15(18)9-3-6-13-7-4-10-19-13/h1-2,4-5,7-8,10H,3,6,9,11,16H2,(H,17,18). The summed E-state index contributed by atoms with van der Waals surface area (Å²) >= 11 is 1.74. The molecule has 0 atom stereocenters. The van der Waals surface area contributed by atoms with Gasteiger partial charge in [-0.1, -0.05) is 24.3 Å². The lowest BCUT2D eigenvalue weighted by atomic mass is 10.1. The van der Waals surface area contributed by atoms with Crippen molar-refractivity contribution < 1.29 is 4.79 Å². The highest BCUT2D eigenvalue weighted by Gasteiger charge is 2.05. The molecule has 0 aliphatic rings. The molecule has 19 heavy (non-hydrogen) atoms. The maximum atomic E-state index is 11.9. The van der Waals surface area contributed by atoms with Crippen molar-refractivity contribution in [2.45, 2.75) is 25.8 Å². The number of benzene rings is 1. The zero-order chi connectivity index (χ0) is 13.5. The molecule has 0 saturated heterocycles. The maximum absolute atomic E-state index is 11.9. The zero-order valence-electron chi connectivity index (χ0n) is 10.8. The summed E-state index contributed by atoms with van der Waals surface area (Å²) in [5.74, 6) is 0.0532. The van der Waals surface area contributed by atoms with E-state index in [2.05, 4.69) is 16.8 Å². The van der Waals surface area contributed by atoms with E-state index in [0.29, 0.717) is 13.0 Å². The van der Waals surface area contributed by atoms with Crippen LogP contribution in [0.2, 0.25) is 0 Å². The van der Waals surface area contributed by atoms with Crippen molar-refractivity contribution in [3.63, 3.8) is 0 Å².